The highest BCUT2D eigenvalue weighted by Gasteiger charge is 2.38. The Labute approximate surface area is 110 Å². The number of carbonyl (C=O) groups excluding carboxylic acids is 1. The normalized spacial score (nSPS) is 29.8. The van der Waals surface area contributed by atoms with Gasteiger partial charge in [-0.05, 0) is 37.8 Å². The van der Waals surface area contributed by atoms with Crippen LogP contribution in [0.3, 0.4) is 0 Å². The van der Waals surface area contributed by atoms with Crippen molar-refractivity contribution in [2.75, 3.05) is 0 Å². The first-order valence-corrected chi connectivity index (χ1v) is 6.78. The zero-order chi connectivity index (χ0) is 12.8. The summed E-state index contributed by atoms with van der Waals surface area (Å²) >= 11 is 0. The van der Waals surface area contributed by atoms with Gasteiger partial charge in [-0.2, -0.15) is 0 Å². The quantitative estimate of drug-likeness (QED) is 0.771. The number of nitrogens with zero attached hydrogens (tertiary/aromatic N) is 3. The van der Waals surface area contributed by atoms with Gasteiger partial charge in [-0.3, -0.25) is 9.20 Å². The molecule has 2 saturated heterocycles. The van der Waals surface area contributed by atoms with Crippen molar-refractivity contribution >= 4 is 11.4 Å². The third kappa shape index (κ3) is 1.85. The second-order valence-electron chi connectivity index (χ2n) is 5.50. The molecule has 0 aliphatic carbocycles. The van der Waals surface area contributed by atoms with Crippen molar-refractivity contribution in [1.29, 1.82) is 0 Å². The molecule has 2 bridgehead atoms. The van der Waals surface area contributed by atoms with E-state index in [2.05, 4.69) is 10.2 Å². The maximum Gasteiger partial charge on any atom is 0.167 e. The van der Waals surface area contributed by atoms with Crippen LogP contribution in [0.4, 0.5) is 0 Å². The van der Waals surface area contributed by atoms with Crippen molar-refractivity contribution in [3.63, 3.8) is 0 Å². The summed E-state index contributed by atoms with van der Waals surface area (Å²) in [6.45, 7) is 0. The number of fused-ring (bicyclic) bond motifs is 3. The van der Waals surface area contributed by atoms with Gasteiger partial charge < -0.3 is 4.74 Å². The average molecular weight is 257 g/mol. The largest absolute Gasteiger partial charge is 0.375 e. The Balaban J connectivity index is 1.62. The molecular formula is C14H15N3O2. The maximum absolute atomic E-state index is 12.6. The van der Waals surface area contributed by atoms with Crippen molar-refractivity contribution in [3.05, 3.63) is 30.2 Å². The molecule has 4 rings (SSSR count). The molecule has 2 fully saturated rings. The van der Waals surface area contributed by atoms with Gasteiger partial charge in [0, 0.05) is 17.7 Å². The van der Waals surface area contributed by atoms with Gasteiger partial charge in [0.05, 0.1) is 12.2 Å². The molecule has 2 unspecified atom stereocenters. The number of carbonyl (C=O) groups is 1. The molecule has 0 saturated carbocycles. The Hall–Kier alpha value is -1.75. The summed E-state index contributed by atoms with van der Waals surface area (Å²) in [5.74, 6) is 0.344. The second kappa shape index (κ2) is 4.13. The van der Waals surface area contributed by atoms with Gasteiger partial charge >= 0.3 is 0 Å². The van der Waals surface area contributed by atoms with Crippen LogP contribution in [0.2, 0.25) is 0 Å². The molecule has 2 aliphatic rings. The van der Waals surface area contributed by atoms with Crippen LogP contribution in [0.25, 0.3) is 5.65 Å². The van der Waals surface area contributed by atoms with Gasteiger partial charge in [0.1, 0.15) is 6.33 Å². The highest BCUT2D eigenvalue weighted by molar-refractivity contribution is 5.98. The maximum atomic E-state index is 12.6. The molecule has 4 heterocycles. The molecule has 19 heavy (non-hydrogen) atoms. The predicted molar refractivity (Wildman–Crippen MR) is 67.9 cm³/mol. The first-order chi connectivity index (χ1) is 9.29. The third-order valence-corrected chi connectivity index (χ3v) is 4.24. The molecule has 2 aromatic rings. The summed E-state index contributed by atoms with van der Waals surface area (Å²) in [5.41, 5.74) is 1.52. The minimum atomic E-state index is 0.111. The van der Waals surface area contributed by atoms with E-state index in [0.29, 0.717) is 12.2 Å². The number of ether oxygens (including phenoxy) is 1. The summed E-state index contributed by atoms with van der Waals surface area (Å²) in [6.07, 6.45) is 8.01. The summed E-state index contributed by atoms with van der Waals surface area (Å²) in [4.78, 5) is 12.6. The van der Waals surface area contributed by atoms with Crippen LogP contribution in [0.5, 0.6) is 0 Å². The lowest BCUT2D eigenvalue weighted by molar-refractivity contribution is -0.0149. The van der Waals surface area contributed by atoms with Crippen molar-refractivity contribution in [1.82, 2.24) is 14.6 Å². The van der Waals surface area contributed by atoms with E-state index < -0.39 is 0 Å². The highest BCUT2D eigenvalue weighted by atomic mass is 16.5. The van der Waals surface area contributed by atoms with E-state index in [4.69, 9.17) is 4.74 Å². The number of rotatable bonds is 2. The SMILES string of the molecule is O=C(c1ccc2nncn2c1)C1CC2CCC(C1)O2. The summed E-state index contributed by atoms with van der Waals surface area (Å²) < 4.78 is 7.59. The number of hydrogen-bond acceptors (Lipinski definition) is 4. The second-order valence-corrected chi connectivity index (χ2v) is 5.50. The molecule has 0 amide bonds. The Bertz CT molecular complexity index is 624. The van der Waals surface area contributed by atoms with Gasteiger partial charge in [0.25, 0.3) is 0 Å². The van der Waals surface area contributed by atoms with Gasteiger partial charge in [-0.1, -0.05) is 0 Å². The molecule has 5 nitrogen and oxygen atoms in total. The zero-order valence-corrected chi connectivity index (χ0v) is 10.5. The van der Waals surface area contributed by atoms with Crippen LogP contribution >= 0.6 is 0 Å². The van der Waals surface area contributed by atoms with Gasteiger partial charge in [-0.15, -0.1) is 10.2 Å². The van der Waals surface area contributed by atoms with Crippen LogP contribution in [-0.4, -0.2) is 32.6 Å². The topological polar surface area (TPSA) is 56.5 Å². The molecule has 98 valence electrons. The molecule has 0 spiro atoms. The van der Waals surface area contributed by atoms with E-state index in [-0.39, 0.29) is 11.7 Å². The number of hydrogen-bond donors (Lipinski definition) is 0. The number of Topliss-reactive ketones (excluding diaryl/α,β-unsaturated/α-hetero) is 1. The molecular weight excluding hydrogens is 242 g/mol. The summed E-state index contributed by atoms with van der Waals surface area (Å²) in [7, 11) is 0. The molecule has 0 aromatic carbocycles. The van der Waals surface area contributed by atoms with E-state index in [0.717, 1.165) is 36.9 Å². The van der Waals surface area contributed by atoms with Crippen LogP contribution in [0, 0.1) is 5.92 Å². The van der Waals surface area contributed by atoms with Gasteiger partial charge in [-0.25, -0.2) is 0 Å². The van der Waals surface area contributed by atoms with E-state index in [1.807, 2.05) is 18.3 Å². The lowest BCUT2D eigenvalue weighted by Gasteiger charge is -2.27. The van der Waals surface area contributed by atoms with Crippen LogP contribution < -0.4 is 0 Å². The van der Waals surface area contributed by atoms with Gasteiger partial charge in [0.2, 0.25) is 0 Å². The van der Waals surface area contributed by atoms with Crippen LogP contribution in [-0.2, 0) is 4.74 Å². The molecule has 2 aromatic heterocycles. The smallest absolute Gasteiger partial charge is 0.167 e. The lowest BCUT2D eigenvalue weighted by atomic mass is 9.88. The summed E-state index contributed by atoms with van der Waals surface area (Å²) in [5, 5.41) is 7.78. The van der Waals surface area contributed by atoms with Crippen LogP contribution in [0.1, 0.15) is 36.0 Å². The standard InChI is InChI=1S/C14H15N3O2/c18-14(10-5-11-2-3-12(6-10)19-11)9-1-4-13-16-15-8-17(13)7-9/h1,4,7-8,10-12H,2-3,5-6H2. The number of pyridine rings is 1. The number of ketones is 1. The third-order valence-electron chi connectivity index (χ3n) is 4.24. The molecule has 2 atom stereocenters. The van der Waals surface area contributed by atoms with Crippen molar-refractivity contribution in [2.45, 2.75) is 37.9 Å². The van der Waals surface area contributed by atoms with Crippen LogP contribution in [0.15, 0.2) is 24.7 Å². The average Bonchev–Trinajstić information content (AvgIpc) is 3.03. The fourth-order valence-corrected chi connectivity index (χ4v) is 3.28. The Kier molecular flexibility index (Phi) is 2.41. The molecule has 0 N–H and O–H groups in total. The fourth-order valence-electron chi connectivity index (χ4n) is 3.28. The highest BCUT2D eigenvalue weighted by Crippen LogP contribution is 2.37. The Morgan fingerprint density at radius 2 is 2.05 bits per heavy atom. The minimum absolute atomic E-state index is 0.111. The molecule has 0 radical (unpaired) electrons. The Morgan fingerprint density at radius 1 is 1.26 bits per heavy atom. The lowest BCUT2D eigenvalue weighted by Crippen LogP contribution is -2.30. The van der Waals surface area contributed by atoms with Crippen molar-refractivity contribution in [3.8, 4) is 0 Å². The van der Waals surface area contributed by atoms with Crippen molar-refractivity contribution < 1.29 is 9.53 Å². The monoisotopic (exact) mass is 257 g/mol. The van der Waals surface area contributed by atoms with Crippen molar-refractivity contribution in [2.24, 2.45) is 5.92 Å². The fraction of sp³-hybridized carbons (Fsp3) is 0.500. The van der Waals surface area contributed by atoms with E-state index in [9.17, 15) is 4.79 Å². The van der Waals surface area contributed by atoms with E-state index >= 15 is 0 Å². The predicted octanol–water partition coefficient (Wildman–Crippen LogP) is 1.87. The van der Waals surface area contributed by atoms with E-state index in [1.165, 1.54) is 0 Å². The minimum Gasteiger partial charge on any atom is -0.375 e. The first kappa shape index (κ1) is 11.1. The first-order valence-electron chi connectivity index (χ1n) is 6.78. The van der Waals surface area contributed by atoms with E-state index in [1.54, 1.807) is 10.7 Å². The number of aromatic nitrogens is 3. The zero-order valence-electron chi connectivity index (χ0n) is 10.5. The Morgan fingerprint density at radius 3 is 2.84 bits per heavy atom. The summed E-state index contributed by atoms with van der Waals surface area (Å²) in [6, 6.07) is 3.69. The molecule has 2 aliphatic heterocycles. The van der Waals surface area contributed by atoms with Gasteiger partial charge in [0.15, 0.2) is 11.4 Å². The molecule has 5 heteroatoms.